The fourth-order valence-electron chi connectivity index (χ4n) is 1.12. The van der Waals surface area contributed by atoms with E-state index < -0.39 is 0 Å². The second-order valence-electron chi connectivity index (χ2n) is 2.47. The number of hydrogen-bond acceptors (Lipinski definition) is 2. The Morgan fingerprint density at radius 1 is 1.40 bits per heavy atom. The van der Waals surface area contributed by atoms with Gasteiger partial charge >= 0.3 is 0 Å². The largest absolute Gasteiger partial charge is 0.303 e. The quantitative estimate of drug-likeness (QED) is 0.646. The zero-order valence-corrected chi connectivity index (χ0v) is 8.01. The average Bonchev–Trinajstić information content (AvgIpc) is 1.90. The molecule has 0 aromatic rings. The number of likely N-dealkylation sites (tertiary alicyclic amines) is 1. The molecule has 0 N–H and O–H groups in total. The van der Waals surface area contributed by atoms with Crippen LogP contribution in [0.4, 0.5) is 0 Å². The summed E-state index contributed by atoms with van der Waals surface area (Å²) in [7, 11) is 0. The van der Waals surface area contributed by atoms with Gasteiger partial charge in [-0.2, -0.15) is 0 Å². The Kier molecular flexibility index (Phi) is 4.91. The standard InChI is InChI=1S/C7H13NO.BrH/c1-2-8-5-3-7(9)4-6-8;/h2-6H2,1H3;1H. The highest BCUT2D eigenvalue weighted by atomic mass is 79.9. The molecular formula is C7H14BrNO. The number of rotatable bonds is 1. The van der Waals surface area contributed by atoms with E-state index in [1.165, 1.54) is 0 Å². The molecule has 0 spiro atoms. The predicted octanol–water partition coefficient (Wildman–Crippen LogP) is 1.25. The van der Waals surface area contributed by atoms with Crippen LogP contribution in [0.5, 0.6) is 0 Å². The molecule has 1 heterocycles. The van der Waals surface area contributed by atoms with Crippen LogP contribution in [-0.2, 0) is 4.79 Å². The Morgan fingerprint density at radius 2 is 1.90 bits per heavy atom. The van der Waals surface area contributed by atoms with E-state index in [1.54, 1.807) is 0 Å². The maximum atomic E-state index is 10.7. The fraction of sp³-hybridized carbons (Fsp3) is 0.857. The summed E-state index contributed by atoms with van der Waals surface area (Å²) in [6.07, 6.45) is 1.54. The van der Waals surface area contributed by atoms with Crippen molar-refractivity contribution in [1.82, 2.24) is 4.90 Å². The summed E-state index contributed by atoms with van der Waals surface area (Å²) in [4.78, 5) is 13.0. The van der Waals surface area contributed by atoms with E-state index >= 15 is 0 Å². The SMILES string of the molecule is Br.CCN1CCC(=O)CC1. The molecule has 1 rings (SSSR count). The van der Waals surface area contributed by atoms with Crippen LogP contribution < -0.4 is 0 Å². The third-order valence-corrected chi connectivity index (χ3v) is 1.86. The van der Waals surface area contributed by atoms with E-state index in [0.29, 0.717) is 5.78 Å². The molecule has 0 amide bonds. The summed E-state index contributed by atoms with van der Waals surface area (Å²) in [6, 6.07) is 0. The lowest BCUT2D eigenvalue weighted by Crippen LogP contribution is -2.33. The van der Waals surface area contributed by atoms with Gasteiger partial charge in [0.15, 0.2) is 0 Å². The minimum Gasteiger partial charge on any atom is -0.303 e. The average molecular weight is 208 g/mol. The molecule has 0 aromatic heterocycles. The number of halogens is 1. The van der Waals surface area contributed by atoms with E-state index in [-0.39, 0.29) is 17.0 Å². The van der Waals surface area contributed by atoms with Gasteiger partial charge in [0.25, 0.3) is 0 Å². The molecule has 1 aliphatic heterocycles. The monoisotopic (exact) mass is 207 g/mol. The van der Waals surface area contributed by atoms with Crippen molar-refractivity contribution in [2.75, 3.05) is 19.6 Å². The lowest BCUT2D eigenvalue weighted by Gasteiger charge is -2.23. The summed E-state index contributed by atoms with van der Waals surface area (Å²) in [6.45, 7) is 5.19. The highest BCUT2D eigenvalue weighted by Crippen LogP contribution is 2.03. The fourth-order valence-corrected chi connectivity index (χ4v) is 1.12. The van der Waals surface area contributed by atoms with Crippen molar-refractivity contribution in [1.29, 1.82) is 0 Å². The van der Waals surface area contributed by atoms with Gasteiger partial charge in [-0.15, -0.1) is 17.0 Å². The first-order chi connectivity index (χ1) is 4.33. The van der Waals surface area contributed by atoms with Crippen molar-refractivity contribution in [3.63, 3.8) is 0 Å². The van der Waals surface area contributed by atoms with Crippen molar-refractivity contribution in [2.24, 2.45) is 0 Å². The van der Waals surface area contributed by atoms with Gasteiger partial charge in [0.05, 0.1) is 0 Å². The van der Waals surface area contributed by atoms with E-state index in [4.69, 9.17) is 0 Å². The second kappa shape index (κ2) is 4.85. The van der Waals surface area contributed by atoms with Gasteiger partial charge in [-0.05, 0) is 6.54 Å². The van der Waals surface area contributed by atoms with Crippen LogP contribution in [0.3, 0.4) is 0 Å². The van der Waals surface area contributed by atoms with Gasteiger partial charge in [-0.25, -0.2) is 0 Å². The molecule has 3 heteroatoms. The van der Waals surface area contributed by atoms with Crippen LogP contribution in [0.25, 0.3) is 0 Å². The highest BCUT2D eigenvalue weighted by molar-refractivity contribution is 8.93. The Labute approximate surface area is 72.4 Å². The van der Waals surface area contributed by atoms with E-state index in [0.717, 1.165) is 32.5 Å². The summed E-state index contributed by atoms with van der Waals surface area (Å²) in [5, 5.41) is 0. The second-order valence-corrected chi connectivity index (χ2v) is 2.47. The zero-order valence-electron chi connectivity index (χ0n) is 6.30. The molecule has 1 saturated heterocycles. The van der Waals surface area contributed by atoms with E-state index in [9.17, 15) is 4.79 Å². The van der Waals surface area contributed by atoms with Crippen molar-refractivity contribution in [3.05, 3.63) is 0 Å². The highest BCUT2D eigenvalue weighted by Gasteiger charge is 2.13. The summed E-state index contributed by atoms with van der Waals surface area (Å²) < 4.78 is 0. The Balaban J connectivity index is 0.000000810. The van der Waals surface area contributed by atoms with Crippen LogP contribution in [0.15, 0.2) is 0 Å². The van der Waals surface area contributed by atoms with Gasteiger partial charge in [0.1, 0.15) is 5.78 Å². The molecule has 0 unspecified atom stereocenters. The minimum atomic E-state index is 0. The normalized spacial score (nSPS) is 20.3. The molecule has 0 radical (unpaired) electrons. The summed E-state index contributed by atoms with van der Waals surface area (Å²) >= 11 is 0. The lowest BCUT2D eigenvalue weighted by molar-refractivity contribution is -0.121. The molecule has 0 saturated carbocycles. The first-order valence-corrected chi connectivity index (χ1v) is 3.57. The van der Waals surface area contributed by atoms with Crippen LogP contribution >= 0.6 is 17.0 Å². The maximum absolute atomic E-state index is 10.7. The molecule has 0 aromatic carbocycles. The van der Waals surface area contributed by atoms with Crippen molar-refractivity contribution in [2.45, 2.75) is 19.8 Å². The van der Waals surface area contributed by atoms with Crippen molar-refractivity contribution >= 4 is 22.8 Å². The topological polar surface area (TPSA) is 20.3 Å². The zero-order chi connectivity index (χ0) is 6.69. The molecule has 10 heavy (non-hydrogen) atoms. The molecule has 60 valence electrons. The molecule has 2 nitrogen and oxygen atoms in total. The Morgan fingerprint density at radius 3 is 2.30 bits per heavy atom. The third-order valence-electron chi connectivity index (χ3n) is 1.86. The number of ketones is 1. The molecule has 1 aliphatic rings. The van der Waals surface area contributed by atoms with Gasteiger partial charge < -0.3 is 4.90 Å². The maximum Gasteiger partial charge on any atom is 0.135 e. The van der Waals surface area contributed by atoms with Gasteiger partial charge in [0.2, 0.25) is 0 Å². The van der Waals surface area contributed by atoms with Crippen LogP contribution in [0.1, 0.15) is 19.8 Å². The molecule has 0 aliphatic carbocycles. The number of carbonyl (C=O) groups is 1. The number of hydrogen-bond donors (Lipinski definition) is 0. The Bertz CT molecular complexity index is 106. The minimum absolute atomic E-state index is 0. The molecule has 0 bridgehead atoms. The van der Waals surface area contributed by atoms with Crippen LogP contribution in [0.2, 0.25) is 0 Å². The number of nitrogens with zero attached hydrogens (tertiary/aromatic N) is 1. The predicted molar refractivity (Wildman–Crippen MR) is 46.7 cm³/mol. The van der Waals surface area contributed by atoms with Crippen LogP contribution in [-0.4, -0.2) is 30.3 Å². The number of piperidine rings is 1. The summed E-state index contributed by atoms with van der Waals surface area (Å²) in [5.41, 5.74) is 0. The lowest BCUT2D eigenvalue weighted by atomic mass is 10.1. The third kappa shape index (κ3) is 2.80. The van der Waals surface area contributed by atoms with Gasteiger partial charge in [0, 0.05) is 25.9 Å². The van der Waals surface area contributed by atoms with Crippen molar-refractivity contribution < 1.29 is 4.79 Å². The summed E-state index contributed by atoms with van der Waals surface area (Å²) in [5.74, 6) is 0.430. The van der Waals surface area contributed by atoms with Gasteiger partial charge in [-0.1, -0.05) is 6.92 Å². The van der Waals surface area contributed by atoms with E-state index in [1.807, 2.05) is 0 Å². The molecule has 0 atom stereocenters. The number of carbonyl (C=O) groups excluding carboxylic acids is 1. The smallest absolute Gasteiger partial charge is 0.135 e. The van der Waals surface area contributed by atoms with Gasteiger partial charge in [-0.3, -0.25) is 4.79 Å². The van der Waals surface area contributed by atoms with E-state index in [2.05, 4.69) is 11.8 Å². The Hall–Kier alpha value is 0.110. The molecule has 1 fully saturated rings. The van der Waals surface area contributed by atoms with Crippen molar-refractivity contribution in [3.8, 4) is 0 Å². The molecular weight excluding hydrogens is 194 g/mol. The van der Waals surface area contributed by atoms with Crippen LogP contribution in [0, 0.1) is 0 Å². The first kappa shape index (κ1) is 10.1. The first-order valence-electron chi connectivity index (χ1n) is 3.57. The number of Topliss-reactive ketones (excluding diaryl/α,β-unsaturated/α-hetero) is 1.